The molecule has 0 radical (unpaired) electrons. The summed E-state index contributed by atoms with van der Waals surface area (Å²) in [5, 5.41) is 3.86. The zero-order chi connectivity index (χ0) is 19.3. The molecule has 0 unspecified atom stereocenters. The summed E-state index contributed by atoms with van der Waals surface area (Å²) in [6.07, 6.45) is 0. The van der Waals surface area contributed by atoms with Crippen molar-refractivity contribution in [2.75, 3.05) is 39.4 Å². The normalized spacial score (nSPS) is 17.0. The van der Waals surface area contributed by atoms with E-state index in [0.717, 1.165) is 55.5 Å². The molecule has 28 heavy (non-hydrogen) atoms. The summed E-state index contributed by atoms with van der Waals surface area (Å²) in [5.41, 5.74) is 3.10. The van der Waals surface area contributed by atoms with Gasteiger partial charge in [-0.25, -0.2) is 4.99 Å². The second kappa shape index (κ2) is 8.54. The number of hydrogen-bond donors (Lipinski definition) is 0. The molecule has 6 nitrogen and oxygen atoms in total. The monoisotopic (exact) mass is 378 g/mol. The summed E-state index contributed by atoms with van der Waals surface area (Å²) in [6.45, 7) is 7.05. The average Bonchev–Trinajstić information content (AvgIpc) is 2.74. The van der Waals surface area contributed by atoms with Gasteiger partial charge in [-0.15, -0.1) is 0 Å². The highest BCUT2D eigenvalue weighted by molar-refractivity contribution is 6.02. The van der Waals surface area contributed by atoms with Crippen LogP contribution in [-0.2, 0) is 16.1 Å². The second-order valence-electron chi connectivity index (χ2n) is 7.08. The minimum absolute atomic E-state index is 0.0243. The molecule has 2 aromatic rings. The molecule has 2 heterocycles. The van der Waals surface area contributed by atoms with Gasteiger partial charge in [0.15, 0.2) is 5.84 Å². The van der Waals surface area contributed by atoms with Crippen molar-refractivity contribution >= 4 is 17.4 Å². The van der Waals surface area contributed by atoms with E-state index in [4.69, 9.17) is 9.73 Å². The molecule has 0 spiro atoms. The highest BCUT2D eigenvalue weighted by Crippen LogP contribution is 2.29. The maximum absolute atomic E-state index is 12.6. The van der Waals surface area contributed by atoms with E-state index in [2.05, 4.69) is 11.0 Å². The fourth-order valence-corrected chi connectivity index (χ4v) is 3.67. The van der Waals surface area contributed by atoms with Crippen molar-refractivity contribution in [1.82, 2.24) is 14.9 Å². The van der Waals surface area contributed by atoms with E-state index in [9.17, 15) is 4.79 Å². The van der Waals surface area contributed by atoms with Crippen molar-refractivity contribution in [3.05, 3.63) is 65.7 Å². The third-order valence-electron chi connectivity index (χ3n) is 5.20. The van der Waals surface area contributed by atoms with Gasteiger partial charge < -0.3 is 4.74 Å². The van der Waals surface area contributed by atoms with Crippen LogP contribution in [0.25, 0.3) is 0 Å². The van der Waals surface area contributed by atoms with Crippen LogP contribution in [0.3, 0.4) is 0 Å². The van der Waals surface area contributed by atoms with Crippen LogP contribution in [0.2, 0.25) is 0 Å². The highest BCUT2D eigenvalue weighted by Gasteiger charge is 2.28. The lowest BCUT2D eigenvalue weighted by Gasteiger charge is -2.40. The Labute approximate surface area is 166 Å². The third-order valence-corrected chi connectivity index (χ3v) is 5.20. The van der Waals surface area contributed by atoms with Crippen LogP contribution in [0.5, 0.6) is 0 Å². The quantitative estimate of drug-likeness (QED) is 0.803. The van der Waals surface area contributed by atoms with E-state index >= 15 is 0 Å². The van der Waals surface area contributed by atoms with Crippen molar-refractivity contribution in [2.24, 2.45) is 4.99 Å². The fourth-order valence-electron chi connectivity index (χ4n) is 3.67. The minimum Gasteiger partial charge on any atom is -0.379 e. The molecule has 6 heteroatoms. The summed E-state index contributed by atoms with van der Waals surface area (Å²) in [5.74, 6) is 0.841. The molecule has 4 rings (SSSR count). The number of hydrogen-bond acceptors (Lipinski definition) is 5. The predicted molar refractivity (Wildman–Crippen MR) is 109 cm³/mol. The van der Waals surface area contributed by atoms with E-state index in [1.165, 1.54) is 0 Å². The summed E-state index contributed by atoms with van der Waals surface area (Å²) < 4.78 is 5.43. The molecule has 2 aliphatic heterocycles. The first-order chi connectivity index (χ1) is 13.7. The number of nitrogens with zero attached hydrogens (tertiary/aromatic N) is 4. The number of benzene rings is 2. The summed E-state index contributed by atoms with van der Waals surface area (Å²) in [6, 6.07) is 18.2. The van der Waals surface area contributed by atoms with Crippen molar-refractivity contribution in [2.45, 2.75) is 13.5 Å². The molecule has 1 fully saturated rings. The number of morpholine rings is 1. The molecule has 0 saturated carbocycles. The molecule has 1 amide bonds. The van der Waals surface area contributed by atoms with Crippen molar-refractivity contribution < 1.29 is 9.53 Å². The standard InChI is InChI=1S/C22H26N4O2/c1-18(27)25(12-11-24-13-15-28-16-14-24)26-17-20-9-5-6-10-21(20)23-22(26)19-7-3-2-4-8-19/h2-10H,11-17H2,1H3. The Morgan fingerprint density at radius 2 is 1.79 bits per heavy atom. The van der Waals surface area contributed by atoms with E-state index < -0.39 is 0 Å². The zero-order valence-corrected chi connectivity index (χ0v) is 16.3. The number of carbonyl (C=O) groups is 1. The number of ether oxygens (including phenoxy) is 1. The van der Waals surface area contributed by atoms with Gasteiger partial charge in [0.05, 0.1) is 32.0 Å². The molecule has 0 atom stereocenters. The van der Waals surface area contributed by atoms with Crippen LogP contribution in [0.4, 0.5) is 5.69 Å². The number of para-hydroxylation sites is 1. The van der Waals surface area contributed by atoms with Crippen LogP contribution < -0.4 is 0 Å². The van der Waals surface area contributed by atoms with Crippen LogP contribution in [0.15, 0.2) is 59.6 Å². The molecule has 0 bridgehead atoms. The van der Waals surface area contributed by atoms with Gasteiger partial charge in [-0.1, -0.05) is 48.5 Å². The zero-order valence-electron chi connectivity index (χ0n) is 16.3. The van der Waals surface area contributed by atoms with Gasteiger partial charge in [0.25, 0.3) is 0 Å². The number of hydrazine groups is 1. The number of amidine groups is 1. The van der Waals surface area contributed by atoms with E-state index in [1.54, 1.807) is 6.92 Å². The van der Waals surface area contributed by atoms with Crippen molar-refractivity contribution in [3.63, 3.8) is 0 Å². The van der Waals surface area contributed by atoms with Crippen LogP contribution in [-0.4, -0.2) is 66.1 Å². The maximum Gasteiger partial charge on any atom is 0.238 e. The lowest BCUT2D eigenvalue weighted by Crippen LogP contribution is -2.52. The molecule has 146 valence electrons. The average molecular weight is 378 g/mol. The second-order valence-corrected chi connectivity index (χ2v) is 7.08. The maximum atomic E-state index is 12.6. The summed E-state index contributed by atoms with van der Waals surface area (Å²) in [4.78, 5) is 19.8. The molecule has 2 aliphatic rings. The smallest absolute Gasteiger partial charge is 0.238 e. The molecule has 0 aliphatic carbocycles. The van der Waals surface area contributed by atoms with Crippen molar-refractivity contribution in [3.8, 4) is 0 Å². The Hall–Kier alpha value is -2.70. The first kappa shape index (κ1) is 18.7. The predicted octanol–water partition coefficient (Wildman–Crippen LogP) is 2.68. The first-order valence-electron chi connectivity index (χ1n) is 9.80. The largest absolute Gasteiger partial charge is 0.379 e. The molecule has 0 N–H and O–H groups in total. The summed E-state index contributed by atoms with van der Waals surface area (Å²) in [7, 11) is 0. The molecule has 0 aromatic heterocycles. The Bertz CT molecular complexity index is 847. The lowest BCUT2D eigenvalue weighted by molar-refractivity contribution is -0.141. The Balaban J connectivity index is 1.63. The third kappa shape index (κ3) is 4.08. The highest BCUT2D eigenvalue weighted by atomic mass is 16.5. The molecule has 1 saturated heterocycles. The van der Waals surface area contributed by atoms with E-state index in [-0.39, 0.29) is 5.91 Å². The molecular formula is C22H26N4O2. The topological polar surface area (TPSA) is 48.4 Å². The minimum atomic E-state index is 0.0243. The van der Waals surface area contributed by atoms with Gasteiger partial charge in [0.2, 0.25) is 5.91 Å². The Morgan fingerprint density at radius 1 is 1.07 bits per heavy atom. The SMILES string of the molecule is CC(=O)N(CCN1CCOCC1)N1Cc2ccccc2N=C1c1ccccc1. The molecular weight excluding hydrogens is 352 g/mol. The van der Waals surface area contributed by atoms with Gasteiger partial charge >= 0.3 is 0 Å². The lowest BCUT2D eigenvalue weighted by atomic mass is 10.1. The number of carbonyl (C=O) groups excluding carboxylic acids is 1. The number of amides is 1. The Kier molecular flexibility index (Phi) is 5.69. The number of aliphatic imine (C=N–C) groups is 1. The van der Waals surface area contributed by atoms with Gasteiger partial charge in [0.1, 0.15) is 0 Å². The molecule has 2 aromatic carbocycles. The van der Waals surface area contributed by atoms with Gasteiger partial charge in [-0.05, 0) is 11.6 Å². The Morgan fingerprint density at radius 3 is 2.54 bits per heavy atom. The van der Waals surface area contributed by atoms with Gasteiger partial charge in [-0.2, -0.15) is 0 Å². The van der Waals surface area contributed by atoms with Crippen LogP contribution in [0, 0.1) is 0 Å². The van der Waals surface area contributed by atoms with Crippen LogP contribution >= 0.6 is 0 Å². The van der Waals surface area contributed by atoms with Crippen molar-refractivity contribution in [1.29, 1.82) is 0 Å². The first-order valence-corrected chi connectivity index (χ1v) is 9.80. The van der Waals surface area contributed by atoms with Gasteiger partial charge in [-0.3, -0.25) is 19.7 Å². The van der Waals surface area contributed by atoms with Crippen LogP contribution in [0.1, 0.15) is 18.1 Å². The number of rotatable bonds is 5. The number of fused-ring (bicyclic) bond motifs is 1. The van der Waals surface area contributed by atoms with E-state index in [1.807, 2.05) is 58.5 Å². The van der Waals surface area contributed by atoms with Gasteiger partial charge in [0, 0.05) is 32.1 Å². The summed E-state index contributed by atoms with van der Waals surface area (Å²) >= 11 is 0. The van der Waals surface area contributed by atoms with E-state index in [0.29, 0.717) is 13.1 Å². The fraction of sp³-hybridized carbons (Fsp3) is 0.364.